The average Bonchev–Trinajstić information content (AvgIpc) is 3.44. The van der Waals surface area contributed by atoms with Crippen molar-refractivity contribution in [2.24, 2.45) is 28.8 Å². The van der Waals surface area contributed by atoms with E-state index in [0.29, 0.717) is 54.8 Å². The Balaban J connectivity index is 1.79. The normalized spacial score (nSPS) is 27.1. The van der Waals surface area contributed by atoms with Crippen molar-refractivity contribution in [3.8, 4) is 5.75 Å². The zero-order valence-electron chi connectivity index (χ0n) is 22.8. The molecule has 0 bridgehead atoms. The number of ether oxygens (including phenoxy) is 1. The molecule has 220 valence electrons. The van der Waals surface area contributed by atoms with Crippen LogP contribution in [0.2, 0.25) is 5.02 Å². The number of benzene rings is 1. The van der Waals surface area contributed by atoms with Gasteiger partial charge in [-0.3, -0.25) is 14.4 Å². The lowest BCUT2D eigenvalue weighted by atomic mass is 9.78. The number of carbonyl (C=O) groups is 3. The molecule has 1 aliphatic carbocycles. The van der Waals surface area contributed by atoms with Gasteiger partial charge in [0.1, 0.15) is 24.2 Å². The molecule has 0 radical (unpaired) electrons. The second kappa shape index (κ2) is 11.4. The summed E-state index contributed by atoms with van der Waals surface area (Å²) in [5.41, 5.74) is 4.97. The van der Waals surface area contributed by atoms with Crippen molar-refractivity contribution in [1.29, 1.82) is 0 Å². The summed E-state index contributed by atoms with van der Waals surface area (Å²) in [6.45, 7) is 3.57. The van der Waals surface area contributed by atoms with Gasteiger partial charge in [0.2, 0.25) is 11.8 Å². The van der Waals surface area contributed by atoms with Gasteiger partial charge in [-0.2, -0.15) is 0 Å². The van der Waals surface area contributed by atoms with Crippen LogP contribution in [0.3, 0.4) is 0 Å². The van der Waals surface area contributed by atoms with Gasteiger partial charge in [0.05, 0.1) is 17.0 Å². The summed E-state index contributed by atoms with van der Waals surface area (Å²) < 4.78 is 33.0. The van der Waals surface area contributed by atoms with Crippen molar-refractivity contribution in [3.05, 3.63) is 39.7 Å². The molecule has 4 rings (SSSR count). The summed E-state index contributed by atoms with van der Waals surface area (Å²) in [6.07, 6.45) is -1.53. The Kier molecular flexibility index (Phi) is 8.51. The molecule has 1 saturated carbocycles. The van der Waals surface area contributed by atoms with E-state index in [1.54, 1.807) is 28.9 Å². The minimum Gasteiger partial charge on any atom is -0.487 e. The van der Waals surface area contributed by atoms with Crippen molar-refractivity contribution in [3.63, 3.8) is 0 Å². The SMILES string of the molecule is CC1CCN(C2c3c(OC/C(N)=C(\C(F)F)N(C)N)ccc(Cl)c3CCN2C(=O)C2CCC[C@]2(C)C(=O)O)C1=O. The van der Waals surface area contributed by atoms with Gasteiger partial charge >= 0.3 is 5.97 Å². The van der Waals surface area contributed by atoms with Crippen molar-refractivity contribution in [1.82, 2.24) is 14.8 Å². The van der Waals surface area contributed by atoms with E-state index in [1.165, 1.54) is 7.05 Å². The van der Waals surface area contributed by atoms with E-state index in [2.05, 4.69) is 0 Å². The number of rotatable bonds is 8. The number of aliphatic carboxylic acids is 1. The number of allylic oxidation sites excluding steroid dienone is 1. The maximum absolute atomic E-state index is 14.1. The minimum atomic E-state index is -2.93. The Hall–Kier alpha value is -3.12. The maximum Gasteiger partial charge on any atom is 0.310 e. The van der Waals surface area contributed by atoms with E-state index in [1.807, 2.05) is 6.92 Å². The fourth-order valence-electron chi connectivity index (χ4n) is 6.21. The molecule has 0 aromatic heterocycles. The molecular weight excluding hydrogens is 548 g/mol. The van der Waals surface area contributed by atoms with Crippen LogP contribution in [0.4, 0.5) is 8.78 Å². The Morgan fingerprint density at radius 2 is 2.00 bits per heavy atom. The van der Waals surface area contributed by atoms with Gasteiger partial charge < -0.3 is 30.4 Å². The topological polar surface area (TPSA) is 142 Å². The first-order valence-electron chi connectivity index (χ1n) is 13.3. The number of carboxylic acid groups (broad SMARTS) is 1. The van der Waals surface area contributed by atoms with Crippen molar-refractivity contribution >= 4 is 29.4 Å². The number of nitrogens with zero attached hydrogens (tertiary/aromatic N) is 3. The molecule has 2 amide bonds. The van der Waals surface area contributed by atoms with Gasteiger partial charge in [-0.15, -0.1) is 0 Å². The van der Waals surface area contributed by atoms with Crippen LogP contribution in [0.5, 0.6) is 5.75 Å². The van der Waals surface area contributed by atoms with E-state index in [0.717, 1.165) is 5.01 Å². The predicted molar refractivity (Wildman–Crippen MR) is 143 cm³/mol. The first-order chi connectivity index (χ1) is 18.8. The minimum absolute atomic E-state index is 0.154. The number of amides is 2. The summed E-state index contributed by atoms with van der Waals surface area (Å²) in [6, 6.07) is 3.17. The van der Waals surface area contributed by atoms with Gasteiger partial charge in [-0.25, -0.2) is 14.6 Å². The highest BCUT2D eigenvalue weighted by Crippen LogP contribution is 2.48. The highest BCUT2D eigenvalue weighted by atomic mass is 35.5. The number of hydrogen-bond donors (Lipinski definition) is 3. The Morgan fingerprint density at radius 3 is 2.58 bits per heavy atom. The summed E-state index contributed by atoms with van der Waals surface area (Å²) in [5, 5.41) is 11.1. The average molecular weight is 584 g/mol. The van der Waals surface area contributed by atoms with E-state index in [-0.39, 0.29) is 35.7 Å². The first-order valence-corrected chi connectivity index (χ1v) is 13.7. The van der Waals surface area contributed by atoms with Gasteiger partial charge in [0.25, 0.3) is 6.43 Å². The molecular formula is C27H36ClF2N5O5. The highest BCUT2D eigenvalue weighted by molar-refractivity contribution is 6.31. The lowest BCUT2D eigenvalue weighted by molar-refractivity contribution is -0.161. The van der Waals surface area contributed by atoms with Crippen molar-refractivity contribution in [2.75, 3.05) is 26.7 Å². The standard InChI is InChI=1S/C27H36ClF2N5O5/c1-14-8-11-34(24(14)36)23-20-15(9-12-35(23)25(37)16-5-4-10-27(16,2)26(38)39)17(28)6-7-19(20)40-13-18(31)21(22(29)30)33(3)32/h6-7,14,16,22-23H,4-5,8-13,31-32H2,1-3H3,(H,38,39)/b21-18-/t14?,16?,23?,27-/m0/s1. The van der Waals surface area contributed by atoms with E-state index in [4.69, 9.17) is 27.9 Å². The van der Waals surface area contributed by atoms with Gasteiger partial charge in [-0.05, 0) is 50.3 Å². The van der Waals surface area contributed by atoms with Crippen LogP contribution in [0.25, 0.3) is 0 Å². The molecule has 40 heavy (non-hydrogen) atoms. The van der Waals surface area contributed by atoms with Crippen LogP contribution in [-0.2, 0) is 20.8 Å². The Labute approximate surface area is 236 Å². The molecule has 13 heteroatoms. The number of carbonyl (C=O) groups excluding carboxylic acids is 2. The number of fused-ring (bicyclic) bond motifs is 1. The van der Waals surface area contributed by atoms with Crippen LogP contribution >= 0.6 is 11.6 Å². The molecule has 2 aliphatic heterocycles. The maximum atomic E-state index is 14.1. The van der Waals surface area contributed by atoms with Gasteiger partial charge in [0, 0.05) is 36.6 Å². The number of nitrogens with two attached hydrogens (primary N) is 2. The number of hydrogen-bond acceptors (Lipinski definition) is 7. The molecule has 1 saturated heterocycles. The first kappa shape index (κ1) is 29.9. The molecule has 2 heterocycles. The highest BCUT2D eigenvalue weighted by Gasteiger charge is 2.53. The molecule has 1 aromatic rings. The molecule has 1 aromatic carbocycles. The zero-order chi connectivity index (χ0) is 29.5. The molecule has 3 aliphatic rings. The number of alkyl halides is 2. The second-order valence-electron chi connectivity index (χ2n) is 11.1. The van der Waals surface area contributed by atoms with Crippen LogP contribution in [-0.4, -0.2) is 70.9 Å². The third-order valence-electron chi connectivity index (χ3n) is 8.55. The largest absolute Gasteiger partial charge is 0.487 e. The summed E-state index contributed by atoms with van der Waals surface area (Å²) in [5.74, 6) is 3.21. The Morgan fingerprint density at radius 1 is 1.30 bits per heavy atom. The van der Waals surface area contributed by atoms with E-state index < -0.39 is 42.2 Å². The predicted octanol–water partition coefficient (Wildman–Crippen LogP) is 3.10. The second-order valence-corrected chi connectivity index (χ2v) is 11.5. The lowest BCUT2D eigenvalue weighted by Gasteiger charge is -2.45. The molecule has 10 nitrogen and oxygen atoms in total. The molecule has 2 fully saturated rings. The van der Waals surface area contributed by atoms with Gasteiger partial charge in [0.15, 0.2) is 0 Å². The van der Waals surface area contributed by atoms with Crippen molar-refractivity contribution in [2.45, 2.75) is 58.5 Å². The van der Waals surface area contributed by atoms with Crippen molar-refractivity contribution < 1.29 is 33.0 Å². The molecule has 5 N–H and O–H groups in total. The summed E-state index contributed by atoms with van der Waals surface area (Å²) in [4.78, 5) is 42.8. The van der Waals surface area contributed by atoms with Crippen LogP contribution in [0.15, 0.2) is 23.5 Å². The fourth-order valence-corrected chi connectivity index (χ4v) is 6.46. The summed E-state index contributed by atoms with van der Waals surface area (Å²) in [7, 11) is 1.24. The van der Waals surface area contributed by atoms with Crippen LogP contribution in [0, 0.1) is 17.3 Å². The van der Waals surface area contributed by atoms with E-state index >= 15 is 0 Å². The smallest absolute Gasteiger partial charge is 0.310 e. The molecule has 3 unspecified atom stereocenters. The third-order valence-corrected chi connectivity index (χ3v) is 8.90. The van der Waals surface area contributed by atoms with Crippen LogP contribution < -0.4 is 16.3 Å². The zero-order valence-corrected chi connectivity index (χ0v) is 23.6. The third kappa shape index (κ3) is 5.18. The molecule has 4 atom stereocenters. The molecule has 0 spiro atoms. The number of hydrazine groups is 1. The lowest BCUT2D eigenvalue weighted by Crippen LogP contribution is -2.53. The fraction of sp³-hybridized carbons (Fsp3) is 0.593. The quantitative estimate of drug-likeness (QED) is 0.313. The van der Waals surface area contributed by atoms with Gasteiger partial charge in [-0.1, -0.05) is 24.9 Å². The van der Waals surface area contributed by atoms with Crippen LogP contribution in [0.1, 0.15) is 56.8 Å². The number of carboxylic acids is 1. The van der Waals surface area contributed by atoms with E-state index in [9.17, 15) is 28.3 Å². The Bertz CT molecular complexity index is 1220. The number of halogens is 3. The summed E-state index contributed by atoms with van der Waals surface area (Å²) >= 11 is 6.59. The number of likely N-dealkylation sites (tertiary alicyclic amines) is 1. The monoisotopic (exact) mass is 583 g/mol.